The number of hydrogen-bond donors (Lipinski definition) is 1. The first kappa shape index (κ1) is 21.3. The zero-order chi connectivity index (χ0) is 22.9. The minimum absolute atomic E-state index is 0.0301. The summed E-state index contributed by atoms with van der Waals surface area (Å²) in [4.78, 5) is 27.9. The predicted octanol–water partition coefficient (Wildman–Crippen LogP) is 5.00. The standard InChI is InChI=1S/C27H24ClN3O2/c1-30-24-14-22(28)12-11-19(24)13-25(30)26(32)29-15-21(18-7-3-2-4-8-18)17-31-16-20-9-5-6-10-23(20)27(31)33/h2-14,21H,15-17H2,1H3,(H,29,32)/t21-/m0/s1. The van der Waals surface area contributed by atoms with E-state index in [0.29, 0.717) is 30.4 Å². The second-order valence-corrected chi connectivity index (χ2v) is 8.89. The summed E-state index contributed by atoms with van der Waals surface area (Å²) in [6.45, 7) is 1.55. The lowest BCUT2D eigenvalue weighted by atomic mass is 9.98. The fourth-order valence-corrected chi connectivity index (χ4v) is 4.74. The number of aryl methyl sites for hydroxylation is 1. The van der Waals surface area contributed by atoms with Crippen molar-refractivity contribution in [2.75, 3.05) is 13.1 Å². The predicted molar refractivity (Wildman–Crippen MR) is 131 cm³/mol. The summed E-state index contributed by atoms with van der Waals surface area (Å²) in [6.07, 6.45) is 0. The Morgan fingerprint density at radius 2 is 1.79 bits per heavy atom. The van der Waals surface area contributed by atoms with Crippen LogP contribution in [-0.4, -0.2) is 34.4 Å². The summed E-state index contributed by atoms with van der Waals surface area (Å²) in [7, 11) is 1.86. The van der Waals surface area contributed by atoms with Gasteiger partial charge in [-0.3, -0.25) is 9.59 Å². The van der Waals surface area contributed by atoms with Crippen molar-refractivity contribution in [3.8, 4) is 0 Å². The van der Waals surface area contributed by atoms with Gasteiger partial charge >= 0.3 is 0 Å². The van der Waals surface area contributed by atoms with Crippen LogP contribution in [0.25, 0.3) is 10.9 Å². The largest absolute Gasteiger partial charge is 0.350 e. The second kappa shape index (κ2) is 8.75. The van der Waals surface area contributed by atoms with Gasteiger partial charge in [-0.1, -0.05) is 66.2 Å². The number of fused-ring (bicyclic) bond motifs is 2. The molecule has 0 saturated heterocycles. The first-order chi connectivity index (χ1) is 16.0. The zero-order valence-corrected chi connectivity index (χ0v) is 19.0. The van der Waals surface area contributed by atoms with Gasteiger partial charge in [0.1, 0.15) is 5.69 Å². The molecule has 6 heteroatoms. The molecule has 1 aliphatic rings. The molecule has 2 heterocycles. The maximum Gasteiger partial charge on any atom is 0.267 e. The Kier molecular flexibility index (Phi) is 5.65. The number of amides is 2. The van der Waals surface area contributed by atoms with E-state index < -0.39 is 0 Å². The number of halogens is 1. The zero-order valence-electron chi connectivity index (χ0n) is 18.3. The van der Waals surface area contributed by atoms with Crippen molar-refractivity contribution >= 4 is 34.3 Å². The highest BCUT2D eigenvalue weighted by Crippen LogP contribution is 2.26. The molecule has 1 atom stereocenters. The smallest absolute Gasteiger partial charge is 0.267 e. The van der Waals surface area contributed by atoms with Crippen molar-refractivity contribution in [1.29, 1.82) is 0 Å². The minimum atomic E-state index is -0.151. The van der Waals surface area contributed by atoms with Gasteiger partial charge in [-0.2, -0.15) is 0 Å². The summed E-state index contributed by atoms with van der Waals surface area (Å²) in [5, 5.41) is 4.69. The summed E-state index contributed by atoms with van der Waals surface area (Å²) in [5.74, 6) is -0.136. The van der Waals surface area contributed by atoms with E-state index in [2.05, 4.69) is 5.32 Å². The quantitative estimate of drug-likeness (QED) is 0.443. The monoisotopic (exact) mass is 457 g/mol. The first-order valence-electron chi connectivity index (χ1n) is 11.0. The van der Waals surface area contributed by atoms with Gasteiger partial charge in [0.15, 0.2) is 0 Å². The van der Waals surface area contributed by atoms with Crippen molar-refractivity contribution in [2.45, 2.75) is 12.5 Å². The van der Waals surface area contributed by atoms with E-state index in [0.717, 1.165) is 27.6 Å². The molecule has 1 aromatic heterocycles. The molecule has 0 saturated carbocycles. The molecule has 166 valence electrons. The Bertz CT molecular complexity index is 1350. The number of nitrogens with one attached hydrogen (secondary N) is 1. The van der Waals surface area contributed by atoms with Crippen LogP contribution in [0.3, 0.4) is 0 Å². The number of hydrogen-bond acceptors (Lipinski definition) is 2. The highest BCUT2D eigenvalue weighted by molar-refractivity contribution is 6.31. The normalized spacial score (nSPS) is 13.9. The van der Waals surface area contributed by atoms with Crippen molar-refractivity contribution < 1.29 is 9.59 Å². The average Bonchev–Trinajstić information content (AvgIpc) is 3.33. The highest BCUT2D eigenvalue weighted by atomic mass is 35.5. The minimum Gasteiger partial charge on any atom is -0.350 e. The molecular weight excluding hydrogens is 434 g/mol. The molecule has 0 fully saturated rings. The third kappa shape index (κ3) is 4.12. The van der Waals surface area contributed by atoms with Gasteiger partial charge in [0.25, 0.3) is 11.8 Å². The summed E-state index contributed by atoms with van der Waals surface area (Å²) in [6, 6.07) is 25.2. The molecule has 4 aromatic rings. The van der Waals surface area contributed by atoms with E-state index in [1.165, 1.54) is 0 Å². The Balaban J connectivity index is 1.35. The Labute approximate surface area is 197 Å². The number of aromatic nitrogens is 1. The second-order valence-electron chi connectivity index (χ2n) is 8.45. The third-order valence-electron chi connectivity index (χ3n) is 6.36. The van der Waals surface area contributed by atoms with Gasteiger partial charge in [0, 0.05) is 54.1 Å². The molecule has 0 spiro atoms. The van der Waals surface area contributed by atoms with Gasteiger partial charge in [-0.25, -0.2) is 0 Å². The molecule has 5 nitrogen and oxygen atoms in total. The topological polar surface area (TPSA) is 54.3 Å². The molecule has 5 rings (SSSR count). The van der Waals surface area contributed by atoms with E-state index in [1.807, 2.05) is 95.4 Å². The fraction of sp³-hybridized carbons (Fsp3) is 0.185. The van der Waals surface area contributed by atoms with Crippen LogP contribution in [0, 0.1) is 0 Å². The number of benzene rings is 3. The fourth-order valence-electron chi connectivity index (χ4n) is 4.57. The summed E-state index contributed by atoms with van der Waals surface area (Å²) in [5.41, 5.74) is 4.39. The van der Waals surface area contributed by atoms with Crippen LogP contribution in [0.4, 0.5) is 0 Å². The van der Waals surface area contributed by atoms with Crippen LogP contribution in [0.1, 0.15) is 37.9 Å². The maximum atomic E-state index is 13.1. The molecule has 0 aliphatic carbocycles. The van der Waals surface area contributed by atoms with Crippen LogP contribution in [-0.2, 0) is 13.6 Å². The molecule has 2 amide bonds. The Morgan fingerprint density at radius 1 is 1.03 bits per heavy atom. The maximum absolute atomic E-state index is 13.1. The van der Waals surface area contributed by atoms with Gasteiger partial charge in [0.2, 0.25) is 0 Å². The Morgan fingerprint density at radius 3 is 2.58 bits per heavy atom. The van der Waals surface area contributed by atoms with Crippen LogP contribution in [0.2, 0.25) is 5.02 Å². The van der Waals surface area contributed by atoms with Gasteiger partial charge in [-0.05, 0) is 35.4 Å². The van der Waals surface area contributed by atoms with E-state index in [-0.39, 0.29) is 17.7 Å². The summed E-state index contributed by atoms with van der Waals surface area (Å²) >= 11 is 6.13. The third-order valence-corrected chi connectivity index (χ3v) is 6.59. The van der Waals surface area contributed by atoms with E-state index in [4.69, 9.17) is 11.6 Å². The Hall–Kier alpha value is -3.57. The highest BCUT2D eigenvalue weighted by Gasteiger charge is 2.29. The molecule has 0 bridgehead atoms. The molecule has 0 unspecified atom stereocenters. The van der Waals surface area contributed by atoms with Crippen LogP contribution in [0.15, 0.2) is 78.9 Å². The van der Waals surface area contributed by atoms with Crippen molar-refractivity contribution in [3.05, 3.63) is 106 Å². The number of nitrogens with zero attached hydrogens (tertiary/aromatic N) is 2. The van der Waals surface area contributed by atoms with Gasteiger partial charge < -0.3 is 14.8 Å². The van der Waals surface area contributed by atoms with Crippen LogP contribution >= 0.6 is 11.6 Å². The molecule has 1 N–H and O–H groups in total. The molecule has 3 aromatic carbocycles. The van der Waals surface area contributed by atoms with E-state index in [9.17, 15) is 9.59 Å². The van der Waals surface area contributed by atoms with E-state index >= 15 is 0 Å². The lowest BCUT2D eigenvalue weighted by Gasteiger charge is -2.24. The molecule has 1 aliphatic heterocycles. The SMILES string of the molecule is Cn1c(C(=O)NC[C@@H](CN2Cc3ccccc3C2=O)c2ccccc2)cc2ccc(Cl)cc21. The van der Waals surface area contributed by atoms with Crippen LogP contribution in [0.5, 0.6) is 0 Å². The van der Waals surface area contributed by atoms with Crippen molar-refractivity contribution in [2.24, 2.45) is 7.05 Å². The molecule has 33 heavy (non-hydrogen) atoms. The lowest BCUT2D eigenvalue weighted by Crippen LogP contribution is -2.36. The molecule has 0 radical (unpaired) electrons. The lowest BCUT2D eigenvalue weighted by molar-refractivity contribution is 0.0767. The number of carbonyl (C=O) groups excluding carboxylic acids is 2. The van der Waals surface area contributed by atoms with Gasteiger partial charge in [0.05, 0.1) is 0 Å². The van der Waals surface area contributed by atoms with Crippen molar-refractivity contribution in [3.63, 3.8) is 0 Å². The first-order valence-corrected chi connectivity index (χ1v) is 11.3. The van der Waals surface area contributed by atoms with E-state index in [1.54, 1.807) is 0 Å². The average molecular weight is 458 g/mol. The van der Waals surface area contributed by atoms with Crippen molar-refractivity contribution in [1.82, 2.24) is 14.8 Å². The van der Waals surface area contributed by atoms with Gasteiger partial charge in [-0.15, -0.1) is 0 Å². The summed E-state index contributed by atoms with van der Waals surface area (Å²) < 4.78 is 1.86. The number of rotatable bonds is 6. The van der Waals surface area contributed by atoms with Crippen LogP contribution < -0.4 is 5.32 Å². The molecular formula is C27H24ClN3O2. The number of carbonyl (C=O) groups is 2.